The Labute approximate surface area is 200 Å². The monoisotopic (exact) mass is 462 g/mol. The minimum absolute atomic E-state index is 0.0437. The van der Waals surface area contributed by atoms with E-state index in [1.807, 2.05) is 84.9 Å². The van der Waals surface area contributed by atoms with Gasteiger partial charge in [-0.15, -0.1) is 0 Å². The van der Waals surface area contributed by atoms with Crippen molar-refractivity contribution in [3.63, 3.8) is 0 Å². The summed E-state index contributed by atoms with van der Waals surface area (Å²) >= 11 is 0. The Morgan fingerprint density at radius 3 is 1.76 bits per heavy atom. The number of carbonyl (C=O) groups is 1. The molecule has 0 unspecified atom stereocenters. The van der Waals surface area contributed by atoms with Crippen LogP contribution in [0.1, 0.15) is 23.1 Å². The van der Waals surface area contributed by atoms with Crippen molar-refractivity contribution in [2.75, 3.05) is 7.11 Å². The number of methoxy groups -OCH3 is 1. The molecule has 0 aromatic heterocycles. The van der Waals surface area contributed by atoms with Crippen molar-refractivity contribution >= 4 is 5.78 Å². The lowest BCUT2D eigenvalue weighted by molar-refractivity contribution is -0.201. The first-order valence-electron chi connectivity index (χ1n) is 11.4. The third-order valence-electron chi connectivity index (χ3n) is 5.89. The largest absolute Gasteiger partial charge is 0.497 e. The fourth-order valence-electron chi connectivity index (χ4n) is 4.03. The van der Waals surface area contributed by atoms with E-state index in [2.05, 4.69) is 0 Å². The van der Waals surface area contributed by atoms with Gasteiger partial charge in [0.15, 0.2) is 5.78 Å². The van der Waals surface area contributed by atoms with Gasteiger partial charge in [0.25, 0.3) is 0 Å². The molecule has 3 aromatic rings. The summed E-state index contributed by atoms with van der Waals surface area (Å²) in [5.74, 6) is 0.553. The van der Waals surface area contributed by atoms with Gasteiger partial charge in [0, 0.05) is 6.42 Å². The van der Waals surface area contributed by atoms with Crippen molar-refractivity contribution in [2.24, 2.45) is 0 Å². The molecule has 1 aliphatic rings. The van der Waals surface area contributed by atoms with E-state index in [1.165, 1.54) is 0 Å². The summed E-state index contributed by atoms with van der Waals surface area (Å²) in [6.45, 7) is 0.805. The molecule has 0 heterocycles. The van der Waals surface area contributed by atoms with Crippen LogP contribution in [-0.2, 0) is 38.8 Å². The molecule has 0 saturated heterocycles. The van der Waals surface area contributed by atoms with E-state index in [1.54, 1.807) is 7.11 Å². The second-order valence-electron chi connectivity index (χ2n) is 8.34. The molecule has 0 bridgehead atoms. The number of ketones is 1. The molecule has 0 aliphatic heterocycles. The van der Waals surface area contributed by atoms with Crippen molar-refractivity contribution in [1.82, 2.24) is 0 Å². The van der Waals surface area contributed by atoms with Crippen LogP contribution >= 0.6 is 0 Å². The number of ether oxygens (including phenoxy) is 4. The average Bonchev–Trinajstić information content (AvgIpc) is 2.88. The number of hydrogen-bond donors (Lipinski definition) is 1. The van der Waals surface area contributed by atoms with Gasteiger partial charge in [0.1, 0.15) is 24.1 Å². The highest BCUT2D eigenvalue weighted by molar-refractivity contribution is 5.85. The van der Waals surface area contributed by atoms with Gasteiger partial charge in [-0.1, -0.05) is 72.8 Å². The molecule has 3 aromatic carbocycles. The quantitative estimate of drug-likeness (QED) is 0.489. The van der Waals surface area contributed by atoms with Crippen molar-refractivity contribution in [3.8, 4) is 5.75 Å². The summed E-state index contributed by atoms with van der Waals surface area (Å²) in [4.78, 5) is 12.9. The maximum atomic E-state index is 12.9. The normalized spacial score (nSPS) is 22.5. The van der Waals surface area contributed by atoms with Crippen LogP contribution in [0.15, 0.2) is 84.9 Å². The molecule has 6 heteroatoms. The standard InChI is InChI=1S/C28H30O6/c1-31-23-14-12-22(13-15-23)19-33-27-25(30)16-24(29)26(32-17-20-8-4-2-5-9-20)28(27)34-18-21-10-6-3-7-11-21/h2-15,24,26-29H,16-19H2,1H3/t24-,26-,27+,28+/m0/s1. The molecule has 0 radical (unpaired) electrons. The van der Waals surface area contributed by atoms with E-state index in [0.29, 0.717) is 6.61 Å². The Hall–Kier alpha value is -3.03. The molecular weight excluding hydrogens is 432 g/mol. The number of aliphatic hydroxyl groups is 1. The van der Waals surface area contributed by atoms with Gasteiger partial charge in [-0.3, -0.25) is 4.79 Å². The number of hydrogen-bond acceptors (Lipinski definition) is 6. The summed E-state index contributed by atoms with van der Waals surface area (Å²) in [6.07, 6.45) is -3.33. The molecule has 4 atom stereocenters. The maximum absolute atomic E-state index is 12.9. The Morgan fingerprint density at radius 2 is 1.21 bits per heavy atom. The molecule has 0 spiro atoms. The second-order valence-corrected chi connectivity index (χ2v) is 8.34. The van der Waals surface area contributed by atoms with E-state index in [0.717, 1.165) is 22.4 Å². The molecule has 34 heavy (non-hydrogen) atoms. The van der Waals surface area contributed by atoms with Gasteiger partial charge in [0.05, 0.1) is 33.0 Å². The summed E-state index contributed by atoms with van der Waals surface area (Å²) in [6, 6.07) is 26.9. The van der Waals surface area contributed by atoms with Crippen molar-refractivity contribution in [1.29, 1.82) is 0 Å². The van der Waals surface area contributed by atoms with E-state index in [9.17, 15) is 9.90 Å². The van der Waals surface area contributed by atoms with E-state index < -0.39 is 24.4 Å². The highest BCUT2D eigenvalue weighted by Gasteiger charge is 2.46. The zero-order chi connectivity index (χ0) is 23.8. The first-order chi connectivity index (χ1) is 16.6. The highest BCUT2D eigenvalue weighted by atomic mass is 16.6. The zero-order valence-electron chi connectivity index (χ0n) is 19.2. The van der Waals surface area contributed by atoms with Crippen LogP contribution in [0.25, 0.3) is 0 Å². The summed E-state index contributed by atoms with van der Waals surface area (Å²) in [7, 11) is 1.61. The third-order valence-corrected chi connectivity index (χ3v) is 5.89. The Bertz CT molecular complexity index is 1020. The summed E-state index contributed by atoms with van der Waals surface area (Å²) in [5.41, 5.74) is 2.85. The average molecular weight is 463 g/mol. The topological polar surface area (TPSA) is 74.2 Å². The van der Waals surface area contributed by atoms with Crippen molar-refractivity contribution in [3.05, 3.63) is 102 Å². The van der Waals surface area contributed by atoms with Crippen LogP contribution < -0.4 is 4.74 Å². The van der Waals surface area contributed by atoms with Crippen molar-refractivity contribution in [2.45, 2.75) is 50.7 Å². The van der Waals surface area contributed by atoms with Gasteiger partial charge >= 0.3 is 0 Å². The van der Waals surface area contributed by atoms with Crippen LogP contribution in [0.2, 0.25) is 0 Å². The van der Waals surface area contributed by atoms with Crippen LogP contribution in [0.4, 0.5) is 0 Å². The lowest BCUT2D eigenvalue weighted by atomic mass is 9.88. The van der Waals surface area contributed by atoms with Gasteiger partial charge in [-0.05, 0) is 28.8 Å². The zero-order valence-corrected chi connectivity index (χ0v) is 19.2. The smallest absolute Gasteiger partial charge is 0.167 e. The molecule has 1 N–H and O–H groups in total. The Balaban J connectivity index is 1.50. The van der Waals surface area contributed by atoms with Gasteiger partial charge in [-0.25, -0.2) is 0 Å². The lowest BCUT2D eigenvalue weighted by Gasteiger charge is -2.39. The Kier molecular flexibility index (Phi) is 8.44. The van der Waals surface area contributed by atoms with Gasteiger partial charge in [-0.2, -0.15) is 0 Å². The molecule has 1 fully saturated rings. The fourth-order valence-corrected chi connectivity index (χ4v) is 4.03. The second kappa shape index (κ2) is 11.9. The summed E-state index contributed by atoms with van der Waals surface area (Å²) < 4.78 is 23.6. The molecule has 1 saturated carbocycles. The number of aliphatic hydroxyl groups excluding tert-OH is 1. The van der Waals surface area contributed by atoms with Crippen LogP contribution in [-0.4, -0.2) is 42.4 Å². The van der Waals surface area contributed by atoms with Crippen LogP contribution in [0, 0.1) is 0 Å². The van der Waals surface area contributed by atoms with E-state index in [4.69, 9.17) is 18.9 Å². The predicted octanol–water partition coefficient (Wildman–Crippen LogP) is 4.08. The number of Topliss-reactive ketones (excluding diaryl/α,β-unsaturated/α-hetero) is 1. The minimum Gasteiger partial charge on any atom is -0.497 e. The predicted molar refractivity (Wildman–Crippen MR) is 127 cm³/mol. The molecule has 178 valence electrons. The number of rotatable bonds is 10. The maximum Gasteiger partial charge on any atom is 0.167 e. The fraction of sp³-hybridized carbons (Fsp3) is 0.321. The number of benzene rings is 3. The SMILES string of the molecule is COc1ccc(CO[C@@H]2C(=O)C[C@H](O)[C@H](OCc3ccccc3)[C@H]2OCc2ccccc2)cc1. The molecule has 6 nitrogen and oxygen atoms in total. The highest BCUT2D eigenvalue weighted by Crippen LogP contribution is 2.28. The van der Waals surface area contributed by atoms with Crippen molar-refractivity contribution < 1.29 is 28.8 Å². The minimum atomic E-state index is -0.974. The van der Waals surface area contributed by atoms with Crippen LogP contribution in [0.5, 0.6) is 5.75 Å². The molecule has 4 rings (SSSR count). The van der Waals surface area contributed by atoms with Gasteiger partial charge in [0.2, 0.25) is 0 Å². The van der Waals surface area contributed by atoms with Gasteiger partial charge < -0.3 is 24.1 Å². The third kappa shape index (κ3) is 6.30. The molecule has 0 amide bonds. The van der Waals surface area contributed by atoms with Crippen LogP contribution in [0.3, 0.4) is 0 Å². The Morgan fingerprint density at radius 1 is 0.706 bits per heavy atom. The molecular formula is C28H30O6. The number of carbonyl (C=O) groups excluding carboxylic acids is 1. The summed E-state index contributed by atoms with van der Waals surface area (Å²) in [5, 5.41) is 10.8. The lowest BCUT2D eigenvalue weighted by Crippen LogP contribution is -2.57. The first-order valence-corrected chi connectivity index (χ1v) is 11.4. The van der Waals surface area contributed by atoms with E-state index in [-0.39, 0.29) is 25.4 Å². The molecule has 1 aliphatic carbocycles. The first kappa shape index (κ1) is 24.1. The van der Waals surface area contributed by atoms with E-state index >= 15 is 0 Å².